The van der Waals surface area contributed by atoms with Crippen LogP contribution in [0, 0.1) is 0 Å². The summed E-state index contributed by atoms with van der Waals surface area (Å²) in [6.07, 6.45) is 10.9. The number of hydrogen-bond donors (Lipinski definition) is 0. The van der Waals surface area contributed by atoms with Crippen LogP contribution in [0.1, 0.15) is 87.8 Å². The maximum atomic E-state index is 5.21. The van der Waals surface area contributed by atoms with E-state index >= 15 is 0 Å². The third-order valence-electron chi connectivity index (χ3n) is 7.53. The van der Waals surface area contributed by atoms with Crippen molar-refractivity contribution in [1.82, 2.24) is 15.0 Å². The molecule has 0 spiro atoms. The van der Waals surface area contributed by atoms with E-state index in [2.05, 4.69) is 65.6 Å². The molecule has 4 nitrogen and oxygen atoms in total. The second kappa shape index (κ2) is 12.2. The van der Waals surface area contributed by atoms with Crippen molar-refractivity contribution in [1.29, 1.82) is 0 Å². The van der Waals surface area contributed by atoms with Crippen LogP contribution >= 0.6 is 0 Å². The van der Waals surface area contributed by atoms with E-state index < -0.39 is 0 Å². The summed E-state index contributed by atoms with van der Waals surface area (Å²) in [5.41, 5.74) is 12.5. The van der Waals surface area contributed by atoms with Gasteiger partial charge in [0.2, 0.25) is 0 Å². The van der Waals surface area contributed by atoms with Crippen LogP contribution in [0.4, 0.5) is 0 Å². The monoisotopic (exact) mass is 661 g/mol. The fourth-order valence-electron chi connectivity index (χ4n) is 5.39. The van der Waals surface area contributed by atoms with Crippen molar-refractivity contribution in [2.75, 3.05) is 0 Å². The Kier molecular flexibility index (Phi) is 9.52. The van der Waals surface area contributed by atoms with Gasteiger partial charge in [-0.05, 0) is 76.2 Å². The second-order valence-electron chi connectivity index (χ2n) is 9.44. The SMILES string of the molecule is CCc1c(/C=c2\[n-]/c(=C\c3ccccn3)c(CC)c2CC)[n-]c(CC2N=C(C)C(C)=C2C)c1CC.[Pt+2]. The van der Waals surface area contributed by atoms with E-state index in [1.165, 1.54) is 39.1 Å². The molecule has 4 rings (SSSR count). The Morgan fingerprint density at radius 2 is 1.44 bits per heavy atom. The van der Waals surface area contributed by atoms with Crippen LogP contribution in [-0.2, 0) is 53.2 Å². The molecular weight excluding hydrogens is 623 g/mol. The summed E-state index contributed by atoms with van der Waals surface area (Å²) in [4.78, 5) is 19.7. The smallest absolute Gasteiger partial charge is 0.661 e. The molecule has 3 aromatic heterocycles. The van der Waals surface area contributed by atoms with Crippen molar-refractivity contribution in [3.05, 3.63) is 85.6 Å². The van der Waals surface area contributed by atoms with Gasteiger partial charge in [-0.2, -0.15) is 5.69 Å². The summed E-state index contributed by atoms with van der Waals surface area (Å²) in [5.74, 6) is 0. The van der Waals surface area contributed by atoms with Gasteiger partial charge in [0.15, 0.2) is 0 Å². The fraction of sp³-hybridized carbons (Fsp3) is 0.419. The molecule has 0 N–H and O–H groups in total. The number of aliphatic imine (C=N–C) groups is 1. The summed E-state index contributed by atoms with van der Waals surface area (Å²) in [6, 6.07) is 6.20. The Morgan fingerprint density at radius 3 is 1.97 bits per heavy atom. The van der Waals surface area contributed by atoms with Gasteiger partial charge < -0.3 is 9.97 Å². The van der Waals surface area contributed by atoms with Crippen molar-refractivity contribution >= 4 is 17.9 Å². The van der Waals surface area contributed by atoms with E-state index in [9.17, 15) is 0 Å². The fourth-order valence-corrected chi connectivity index (χ4v) is 5.39. The first-order chi connectivity index (χ1) is 16.9. The first-order valence-corrected chi connectivity index (χ1v) is 13.1. The molecule has 0 saturated heterocycles. The molecule has 5 heteroatoms. The molecule has 3 aromatic rings. The Hall–Kier alpha value is -2.45. The molecule has 36 heavy (non-hydrogen) atoms. The molecule has 4 heterocycles. The molecule has 0 aliphatic carbocycles. The van der Waals surface area contributed by atoms with Gasteiger partial charge in [-0.1, -0.05) is 68.2 Å². The summed E-state index contributed by atoms with van der Waals surface area (Å²) in [6.45, 7) is 15.4. The van der Waals surface area contributed by atoms with Crippen molar-refractivity contribution in [2.24, 2.45) is 4.99 Å². The molecule has 0 fully saturated rings. The normalized spacial score (nSPS) is 16.6. The summed E-state index contributed by atoms with van der Waals surface area (Å²) in [7, 11) is 0. The van der Waals surface area contributed by atoms with Gasteiger partial charge in [-0.25, -0.2) is 0 Å². The Balaban J connectivity index is 0.00000361. The first kappa shape index (κ1) is 28.1. The van der Waals surface area contributed by atoms with Gasteiger partial charge in [0, 0.05) is 11.9 Å². The van der Waals surface area contributed by atoms with Crippen LogP contribution in [-0.4, -0.2) is 16.7 Å². The zero-order chi connectivity index (χ0) is 25.1. The van der Waals surface area contributed by atoms with Gasteiger partial charge in [-0.15, -0.1) is 16.4 Å². The minimum absolute atomic E-state index is 0. The quantitative estimate of drug-likeness (QED) is 0.354. The van der Waals surface area contributed by atoms with Gasteiger partial charge in [0.05, 0.1) is 11.7 Å². The zero-order valence-electron chi connectivity index (χ0n) is 22.7. The molecule has 192 valence electrons. The van der Waals surface area contributed by atoms with Gasteiger partial charge in [0.1, 0.15) is 0 Å². The predicted octanol–water partition coefficient (Wildman–Crippen LogP) is 4.62. The number of allylic oxidation sites excluding steroid dienone is 1. The van der Waals surface area contributed by atoms with E-state index in [-0.39, 0.29) is 27.1 Å². The Morgan fingerprint density at radius 1 is 0.806 bits per heavy atom. The number of hydrogen-bond acceptors (Lipinski definition) is 2. The van der Waals surface area contributed by atoms with Crippen LogP contribution in [0.3, 0.4) is 0 Å². The first-order valence-electron chi connectivity index (χ1n) is 13.1. The standard InChI is InChI=1S/C31H38N4.Pt/c1-8-23-24(9-2)30(34-28(23)16-22-14-12-13-15-32-22)18-31-26(11-4)25(10-3)29(35-31)17-27-20(6)19(5)21(7)33-27;/h12-16,18,27H,8-11,17H2,1-7H3;/q-2;+2/b28-16-,30-18-;. The summed E-state index contributed by atoms with van der Waals surface area (Å²) < 4.78 is 0. The van der Waals surface area contributed by atoms with Crippen molar-refractivity contribution in [3.8, 4) is 0 Å². The van der Waals surface area contributed by atoms with E-state index in [1.807, 2.05) is 24.4 Å². The van der Waals surface area contributed by atoms with Crippen LogP contribution in [0.2, 0.25) is 0 Å². The molecular formula is C31H38N4Pt. The number of aromatic nitrogens is 3. The van der Waals surface area contributed by atoms with E-state index in [4.69, 9.17) is 15.0 Å². The maximum Gasteiger partial charge on any atom is 2.00 e. The van der Waals surface area contributed by atoms with Gasteiger partial charge >= 0.3 is 21.1 Å². The third kappa shape index (κ3) is 5.44. The zero-order valence-corrected chi connectivity index (χ0v) is 25.0. The number of rotatable bonds is 8. The molecule has 1 unspecified atom stereocenters. The number of pyridine rings is 1. The molecule has 0 saturated carbocycles. The molecule has 1 aliphatic heterocycles. The molecule has 1 aliphatic rings. The summed E-state index contributed by atoms with van der Waals surface area (Å²) >= 11 is 0. The van der Waals surface area contributed by atoms with Crippen LogP contribution in [0.25, 0.3) is 12.2 Å². The van der Waals surface area contributed by atoms with Gasteiger partial charge in [-0.3, -0.25) is 9.98 Å². The maximum absolute atomic E-state index is 5.21. The van der Waals surface area contributed by atoms with Crippen LogP contribution < -0.4 is 20.7 Å². The molecule has 0 aromatic carbocycles. The van der Waals surface area contributed by atoms with Gasteiger partial charge in [0.25, 0.3) is 0 Å². The average molecular weight is 662 g/mol. The Bertz CT molecular complexity index is 1390. The molecule has 1 atom stereocenters. The topological polar surface area (TPSA) is 53.5 Å². The predicted molar refractivity (Wildman–Crippen MR) is 147 cm³/mol. The van der Waals surface area contributed by atoms with Crippen molar-refractivity contribution in [3.63, 3.8) is 0 Å². The van der Waals surface area contributed by atoms with E-state index in [1.54, 1.807) is 0 Å². The van der Waals surface area contributed by atoms with E-state index in [0.29, 0.717) is 0 Å². The van der Waals surface area contributed by atoms with Crippen molar-refractivity contribution < 1.29 is 21.1 Å². The molecule has 0 bridgehead atoms. The minimum Gasteiger partial charge on any atom is -0.661 e. The second-order valence-corrected chi connectivity index (χ2v) is 9.44. The van der Waals surface area contributed by atoms with E-state index in [0.717, 1.165) is 59.9 Å². The van der Waals surface area contributed by atoms with Crippen LogP contribution in [0.15, 0.2) is 40.5 Å². The average Bonchev–Trinajstić information content (AvgIpc) is 3.46. The van der Waals surface area contributed by atoms with Crippen LogP contribution in [0.5, 0.6) is 0 Å². The molecule has 0 amide bonds. The largest absolute Gasteiger partial charge is 2.00 e. The Labute approximate surface area is 230 Å². The summed E-state index contributed by atoms with van der Waals surface area (Å²) in [5, 5.41) is 2.08. The third-order valence-corrected chi connectivity index (χ3v) is 7.53. The minimum atomic E-state index is 0. The number of nitrogens with zero attached hydrogens (tertiary/aromatic N) is 4. The molecule has 0 radical (unpaired) electrons. The van der Waals surface area contributed by atoms with Crippen molar-refractivity contribution in [2.45, 2.75) is 86.6 Å².